The van der Waals surface area contributed by atoms with E-state index in [1.807, 2.05) is 30.0 Å². The molecular weight excluding hydrogens is 356 g/mol. The van der Waals surface area contributed by atoms with Crippen molar-refractivity contribution in [1.29, 1.82) is 0 Å². The highest BCUT2D eigenvalue weighted by atomic mass is 16.2. The predicted molar refractivity (Wildman–Crippen MR) is 121 cm³/mol. The molecule has 0 N–H and O–H groups in total. The van der Waals surface area contributed by atoms with E-state index in [9.17, 15) is 4.79 Å². The van der Waals surface area contributed by atoms with Crippen molar-refractivity contribution in [1.82, 2.24) is 9.47 Å². The van der Waals surface area contributed by atoms with E-state index in [1.165, 1.54) is 27.4 Å². The molecule has 3 heteroatoms. The molecule has 0 saturated heterocycles. The Morgan fingerprint density at radius 1 is 0.897 bits per heavy atom. The van der Waals surface area contributed by atoms with Gasteiger partial charge in [0.15, 0.2) is 0 Å². The molecule has 1 heterocycles. The van der Waals surface area contributed by atoms with Crippen LogP contribution in [0, 0.1) is 0 Å². The molecule has 148 valence electrons. The Bertz CT molecular complexity index is 1140. The molecule has 4 rings (SSSR count). The van der Waals surface area contributed by atoms with E-state index in [2.05, 4.69) is 73.0 Å². The lowest BCUT2D eigenvalue weighted by molar-refractivity contribution is -0.133. The summed E-state index contributed by atoms with van der Waals surface area (Å²) in [6.07, 6.45) is 0.508. The third kappa shape index (κ3) is 3.53. The van der Waals surface area contributed by atoms with Crippen molar-refractivity contribution in [3.8, 4) is 0 Å². The minimum Gasteiger partial charge on any atom is -0.341 e. The van der Waals surface area contributed by atoms with Crippen LogP contribution in [0.2, 0.25) is 0 Å². The highest BCUT2D eigenvalue weighted by molar-refractivity contribution is 6.08. The van der Waals surface area contributed by atoms with Gasteiger partial charge in [-0.15, -0.1) is 0 Å². The molecule has 0 aliphatic carbocycles. The van der Waals surface area contributed by atoms with Crippen molar-refractivity contribution < 1.29 is 4.79 Å². The Labute approximate surface area is 172 Å². The van der Waals surface area contributed by atoms with E-state index in [0.717, 1.165) is 12.1 Å². The predicted octanol–water partition coefficient (Wildman–Crippen LogP) is 6.31. The molecule has 1 unspecified atom stereocenters. The second kappa shape index (κ2) is 8.12. The molecule has 0 aliphatic rings. The van der Waals surface area contributed by atoms with Crippen LogP contribution in [0.15, 0.2) is 72.8 Å². The van der Waals surface area contributed by atoms with Gasteiger partial charge in [0, 0.05) is 41.3 Å². The number of aryl methyl sites for hydroxylation is 1. The molecule has 29 heavy (non-hydrogen) atoms. The quantitative estimate of drug-likeness (QED) is 0.382. The Hall–Kier alpha value is -3.07. The fourth-order valence-corrected chi connectivity index (χ4v) is 4.29. The zero-order valence-corrected chi connectivity index (χ0v) is 17.4. The first-order chi connectivity index (χ1) is 14.1. The SMILES string of the molecule is CCC(=O)N(Cc1ccc2c(c1)c1ccccc1n2CC)C(C)c1ccccc1. The van der Waals surface area contributed by atoms with Gasteiger partial charge in [-0.05, 0) is 43.2 Å². The Morgan fingerprint density at radius 3 is 2.31 bits per heavy atom. The van der Waals surface area contributed by atoms with Crippen LogP contribution < -0.4 is 0 Å². The van der Waals surface area contributed by atoms with Gasteiger partial charge in [-0.1, -0.05) is 61.5 Å². The molecule has 0 saturated carbocycles. The van der Waals surface area contributed by atoms with E-state index in [-0.39, 0.29) is 11.9 Å². The highest BCUT2D eigenvalue weighted by Gasteiger charge is 2.21. The normalized spacial score (nSPS) is 12.4. The van der Waals surface area contributed by atoms with Gasteiger partial charge in [0.2, 0.25) is 5.91 Å². The average Bonchev–Trinajstić information content (AvgIpc) is 3.10. The van der Waals surface area contributed by atoms with E-state index in [0.29, 0.717) is 13.0 Å². The van der Waals surface area contributed by atoms with Crippen LogP contribution in [0.25, 0.3) is 21.8 Å². The summed E-state index contributed by atoms with van der Waals surface area (Å²) in [4.78, 5) is 14.8. The number of rotatable bonds is 6. The number of hydrogen-bond acceptors (Lipinski definition) is 1. The summed E-state index contributed by atoms with van der Waals surface area (Å²) >= 11 is 0. The molecule has 3 nitrogen and oxygen atoms in total. The molecule has 0 radical (unpaired) electrons. The highest BCUT2D eigenvalue weighted by Crippen LogP contribution is 2.31. The lowest BCUT2D eigenvalue weighted by atomic mass is 10.0. The number of nitrogens with zero attached hydrogens (tertiary/aromatic N) is 2. The molecule has 0 aliphatic heterocycles. The van der Waals surface area contributed by atoms with E-state index in [4.69, 9.17) is 0 Å². The van der Waals surface area contributed by atoms with Crippen molar-refractivity contribution in [2.45, 2.75) is 46.3 Å². The fraction of sp³-hybridized carbons (Fsp3) is 0.269. The molecule has 0 bridgehead atoms. The Morgan fingerprint density at radius 2 is 1.59 bits per heavy atom. The third-order valence-electron chi connectivity index (χ3n) is 5.88. The van der Waals surface area contributed by atoms with E-state index >= 15 is 0 Å². The van der Waals surface area contributed by atoms with Crippen molar-refractivity contribution in [3.63, 3.8) is 0 Å². The number of aromatic nitrogens is 1. The molecule has 1 atom stereocenters. The first kappa shape index (κ1) is 19.3. The van der Waals surface area contributed by atoms with Crippen LogP contribution in [0.4, 0.5) is 0 Å². The number of carbonyl (C=O) groups is 1. The monoisotopic (exact) mass is 384 g/mol. The number of fused-ring (bicyclic) bond motifs is 3. The molecule has 1 amide bonds. The standard InChI is InChI=1S/C26H28N2O/c1-4-26(29)28(19(3)21-11-7-6-8-12-21)18-20-15-16-25-23(17-20)22-13-9-10-14-24(22)27(25)5-2/h6-17,19H,4-5,18H2,1-3H3. The smallest absolute Gasteiger partial charge is 0.223 e. The van der Waals surface area contributed by atoms with Gasteiger partial charge >= 0.3 is 0 Å². The first-order valence-electron chi connectivity index (χ1n) is 10.5. The average molecular weight is 385 g/mol. The molecule has 4 aromatic rings. The number of para-hydroxylation sites is 1. The summed E-state index contributed by atoms with van der Waals surface area (Å²) in [6, 6.07) is 25.5. The van der Waals surface area contributed by atoms with Gasteiger partial charge in [-0.3, -0.25) is 4.79 Å². The van der Waals surface area contributed by atoms with Crippen LogP contribution in [0.1, 0.15) is 44.4 Å². The zero-order chi connectivity index (χ0) is 20.4. The van der Waals surface area contributed by atoms with Gasteiger partial charge in [-0.2, -0.15) is 0 Å². The van der Waals surface area contributed by atoms with Crippen LogP contribution in [0.3, 0.4) is 0 Å². The molecule has 1 aromatic heterocycles. The zero-order valence-electron chi connectivity index (χ0n) is 17.4. The lowest BCUT2D eigenvalue weighted by Crippen LogP contribution is -2.32. The van der Waals surface area contributed by atoms with Crippen LogP contribution in [0.5, 0.6) is 0 Å². The Balaban J connectivity index is 1.74. The summed E-state index contributed by atoms with van der Waals surface area (Å²) < 4.78 is 2.36. The second-order valence-corrected chi connectivity index (χ2v) is 7.57. The number of amides is 1. The second-order valence-electron chi connectivity index (χ2n) is 7.57. The maximum absolute atomic E-state index is 12.8. The maximum atomic E-state index is 12.8. The lowest BCUT2D eigenvalue weighted by Gasteiger charge is -2.29. The van der Waals surface area contributed by atoms with Crippen molar-refractivity contribution in [2.75, 3.05) is 0 Å². The largest absolute Gasteiger partial charge is 0.341 e. The molecular formula is C26H28N2O. The first-order valence-corrected chi connectivity index (χ1v) is 10.5. The summed E-state index contributed by atoms with van der Waals surface area (Å²) in [6.45, 7) is 7.79. The minimum atomic E-state index is 0.0383. The molecule has 0 fully saturated rings. The minimum absolute atomic E-state index is 0.0383. The van der Waals surface area contributed by atoms with Gasteiger partial charge in [0.25, 0.3) is 0 Å². The summed E-state index contributed by atoms with van der Waals surface area (Å²) in [5.74, 6) is 0.178. The number of benzene rings is 3. The van der Waals surface area contributed by atoms with Crippen molar-refractivity contribution in [3.05, 3.63) is 83.9 Å². The van der Waals surface area contributed by atoms with Crippen LogP contribution >= 0.6 is 0 Å². The summed E-state index contributed by atoms with van der Waals surface area (Å²) in [7, 11) is 0. The number of carbonyl (C=O) groups excluding carboxylic acids is 1. The number of hydrogen-bond donors (Lipinski definition) is 0. The molecule has 0 spiro atoms. The van der Waals surface area contributed by atoms with Gasteiger partial charge in [0.1, 0.15) is 0 Å². The summed E-state index contributed by atoms with van der Waals surface area (Å²) in [5.41, 5.74) is 4.85. The maximum Gasteiger partial charge on any atom is 0.223 e. The van der Waals surface area contributed by atoms with Crippen molar-refractivity contribution >= 4 is 27.7 Å². The van der Waals surface area contributed by atoms with E-state index in [1.54, 1.807) is 0 Å². The summed E-state index contributed by atoms with van der Waals surface area (Å²) in [5, 5.41) is 2.53. The van der Waals surface area contributed by atoms with E-state index < -0.39 is 0 Å². The van der Waals surface area contributed by atoms with Gasteiger partial charge in [0.05, 0.1) is 6.04 Å². The van der Waals surface area contributed by atoms with Crippen LogP contribution in [-0.4, -0.2) is 15.4 Å². The third-order valence-corrected chi connectivity index (χ3v) is 5.88. The molecule has 3 aromatic carbocycles. The Kier molecular flexibility index (Phi) is 5.39. The van der Waals surface area contributed by atoms with Gasteiger partial charge < -0.3 is 9.47 Å². The fourth-order valence-electron chi connectivity index (χ4n) is 4.29. The van der Waals surface area contributed by atoms with Crippen LogP contribution in [-0.2, 0) is 17.9 Å². The topological polar surface area (TPSA) is 25.2 Å². The van der Waals surface area contributed by atoms with Gasteiger partial charge in [-0.25, -0.2) is 0 Å². The van der Waals surface area contributed by atoms with Crippen molar-refractivity contribution in [2.24, 2.45) is 0 Å².